The zero-order chi connectivity index (χ0) is 23.4. The summed E-state index contributed by atoms with van der Waals surface area (Å²) in [7, 11) is 3.03. The van der Waals surface area contributed by atoms with Crippen LogP contribution in [0.2, 0.25) is 0 Å². The second-order valence-corrected chi connectivity index (χ2v) is 7.60. The van der Waals surface area contributed by atoms with E-state index in [1.165, 1.54) is 19.1 Å². The Balaban J connectivity index is 1.81. The Morgan fingerprint density at radius 1 is 1.03 bits per heavy atom. The van der Waals surface area contributed by atoms with Gasteiger partial charge >= 0.3 is 0 Å². The predicted molar refractivity (Wildman–Crippen MR) is 122 cm³/mol. The third-order valence-corrected chi connectivity index (χ3v) is 5.69. The van der Waals surface area contributed by atoms with Crippen LogP contribution in [0, 0.1) is 0 Å². The van der Waals surface area contributed by atoms with Crippen LogP contribution in [-0.4, -0.2) is 52.0 Å². The SMILES string of the molecule is COc1cccc([C@@H]2/C(=C(\O)c3ccccc3)C(=O)C(=O)N2CCCn2ccnc2)c1OC. The molecule has 1 N–H and O–H groups in total. The molecular weight excluding hydrogens is 422 g/mol. The van der Waals surface area contributed by atoms with E-state index in [0.29, 0.717) is 42.1 Å². The lowest BCUT2D eigenvalue weighted by atomic mass is 9.94. The molecule has 0 radical (unpaired) electrons. The van der Waals surface area contributed by atoms with Gasteiger partial charge < -0.3 is 24.0 Å². The number of ether oxygens (including phenoxy) is 2. The highest BCUT2D eigenvalue weighted by atomic mass is 16.5. The number of likely N-dealkylation sites (tertiary alicyclic amines) is 1. The number of hydrogen-bond donors (Lipinski definition) is 1. The fourth-order valence-corrected chi connectivity index (χ4v) is 4.16. The maximum atomic E-state index is 13.2. The minimum absolute atomic E-state index is 0.0281. The molecule has 2 aromatic carbocycles. The molecule has 0 saturated carbocycles. The van der Waals surface area contributed by atoms with Gasteiger partial charge in [0.25, 0.3) is 11.7 Å². The molecule has 8 heteroatoms. The van der Waals surface area contributed by atoms with Crippen molar-refractivity contribution in [2.45, 2.75) is 19.0 Å². The molecule has 4 rings (SSSR count). The van der Waals surface area contributed by atoms with Gasteiger partial charge in [0.15, 0.2) is 11.5 Å². The number of aliphatic hydroxyl groups is 1. The van der Waals surface area contributed by atoms with Crippen molar-refractivity contribution >= 4 is 17.4 Å². The second kappa shape index (κ2) is 9.60. The Morgan fingerprint density at radius 2 is 1.82 bits per heavy atom. The summed E-state index contributed by atoms with van der Waals surface area (Å²) in [5.41, 5.74) is 1.05. The summed E-state index contributed by atoms with van der Waals surface area (Å²) in [6.07, 6.45) is 5.82. The number of para-hydroxylation sites is 1. The van der Waals surface area contributed by atoms with Gasteiger partial charge in [-0.1, -0.05) is 42.5 Å². The largest absolute Gasteiger partial charge is 0.507 e. The Hall–Kier alpha value is -4.07. The van der Waals surface area contributed by atoms with Gasteiger partial charge in [-0.25, -0.2) is 4.98 Å². The van der Waals surface area contributed by atoms with Gasteiger partial charge in [0.2, 0.25) is 0 Å². The number of carbonyl (C=O) groups excluding carboxylic acids is 2. The molecule has 0 aliphatic carbocycles. The molecule has 8 nitrogen and oxygen atoms in total. The topological polar surface area (TPSA) is 93.9 Å². The Bertz CT molecular complexity index is 1170. The summed E-state index contributed by atoms with van der Waals surface area (Å²) in [6.45, 7) is 0.934. The minimum Gasteiger partial charge on any atom is -0.507 e. The van der Waals surface area contributed by atoms with E-state index in [9.17, 15) is 14.7 Å². The van der Waals surface area contributed by atoms with E-state index in [4.69, 9.17) is 9.47 Å². The summed E-state index contributed by atoms with van der Waals surface area (Å²) in [5, 5.41) is 11.1. The Kier molecular flexibility index (Phi) is 6.44. The zero-order valence-electron chi connectivity index (χ0n) is 18.5. The number of methoxy groups -OCH3 is 2. The fourth-order valence-electron chi connectivity index (χ4n) is 4.16. The number of nitrogens with zero attached hydrogens (tertiary/aromatic N) is 3. The van der Waals surface area contributed by atoms with Crippen LogP contribution < -0.4 is 9.47 Å². The maximum Gasteiger partial charge on any atom is 0.295 e. The number of ketones is 1. The molecule has 0 bridgehead atoms. The lowest BCUT2D eigenvalue weighted by Gasteiger charge is -2.27. The molecule has 1 aliphatic rings. The molecule has 1 atom stereocenters. The number of imidazole rings is 1. The molecule has 33 heavy (non-hydrogen) atoms. The normalized spacial score (nSPS) is 17.4. The van der Waals surface area contributed by atoms with Gasteiger partial charge in [-0.3, -0.25) is 9.59 Å². The highest BCUT2D eigenvalue weighted by Gasteiger charge is 2.47. The first kappa shape index (κ1) is 22.1. The van der Waals surface area contributed by atoms with Crippen molar-refractivity contribution in [2.24, 2.45) is 0 Å². The number of carbonyl (C=O) groups is 2. The number of Topliss-reactive ketones (excluding diaryl/α,β-unsaturated/α-hetero) is 1. The van der Waals surface area contributed by atoms with Crippen LogP contribution in [0.25, 0.3) is 5.76 Å². The maximum absolute atomic E-state index is 13.2. The van der Waals surface area contributed by atoms with Gasteiger partial charge in [-0.15, -0.1) is 0 Å². The van der Waals surface area contributed by atoms with Crippen molar-refractivity contribution in [3.8, 4) is 11.5 Å². The molecule has 3 aromatic rings. The van der Waals surface area contributed by atoms with E-state index in [0.717, 1.165) is 0 Å². The van der Waals surface area contributed by atoms with Gasteiger partial charge in [0.1, 0.15) is 5.76 Å². The van der Waals surface area contributed by atoms with Crippen molar-refractivity contribution in [2.75, 3.05) is 20.8 Å². The third kappa shape index (κ3) is 4.19. The molecule has 0 spiro atoms. The first-order valence-corrected chi connectivity index (χ1v) is 10.6. The molecule has 170 valence electrons. The smallest absolute Gasteiger partial charge is 0.295 e. The van der Waals surface area contributed by atoms with Crippen molar-refractivity contribution in [3.05, 3.63) is 84.0 Å². The highest BCUT2D eigenvalue weighted by molar-refractivity contribution is 6.46. The lowest BCUT2D eigenvalue weighted by Crippen LogP contribution is -2.31. The Morgan fingerprint density at radius 3 is 2.48 bits per heavy atom. The molecule has 1 aromatic heterocycles. The van der Waals surface area contributed by atoms with Gasteiger partial charge in [-0.2, -0.15) is 0 Å². The number of amides is 1. The zero-order valence-corrected chi connectivity index (χ0v) is 18.5. The van der Waals surface area contributed by atoms with Crippen LogP contribution in [0.5, 0.6) is 11.5 Å². The fraction of sp³-hybridized carbons (Fsp3) is 0.240. The Labute approximate surface area is 191 Å². The highest BCUT2D eigenvalue weighted by Crippen LogP contribution is 2.45. The van der Waals surface area contributed by atoms with Gasteiger partial charge in [0.05, 0.1) is 32.2 Å². The van der Waals surface area contributed by atoms with Crippen LogP contribution in [-0.2, 0) is 16.1 Å². The molecule has 0 unspecified atom stereocenters. The van der Waals surface area contributed by atoms with Crippen molar-refractivity contribution < 1.29 is 24.2 Å². The average Bonchev–Trinajstić information content (AvgIpc) is 3.45. The minimum atomic E-state index is -0.821. The number of aliphatic hydroxyl groups excluding tert-OH is 1. The molecule has 1 aliphatic heterocycles. The van der Waals surface area contributed by atoms with E-state index in [1.807, 2.05) is 16.8 Å². The summed E-state index contributed by atoms with van der Waals surface area (Å²) < 4.78 is 12.9. The van der Waals surface area contributed by atoms with E-state index < -0.39 is 17.7 Å². The van der Waals surface area contributed by atoms with E-state index in [2.05, 4.69) is 4.98 Å². The first-order valence-electron chi connectivity index (χ1n) is 10.6. The lowest BCUT2D eigenvalue weighted by molar-refractivity contribution is -0.140. The van der Waals surface area contributed by atoms with E-state index >= 15 is 0 Å². The number of benzene rings is 2. The molecule has 1 fully saturated rings. The molecule has 1 saturated heterocycles. The number of hydrogen-bond acceptors (Lipinski definition) is 6. The molecule has 1 amide bonds. The van der Waals surface area contributed by atoms with Crippen molar-refractivity contribution in [1.29, 1.82) is 0 Å². The standard InChI is InChI=1S/C25H25N3O5/c1-32-19-11-6-10-18(24(19)33-2)21-20(22(29)17-8-4-3-5-9-17)23(30)25(31)28(21)14-7-13-27-15-12-26-16-27/h3-6,8-12,15-16,21,29H,7,13-14H2,1-2H3/b22-20+/t21-/m1/s1. The second-order valence-electron chi connectivity index (χ2n) is 7.60. The summed E-state index contributed by atoms with van der Waals surface area (Å²) >= 11 is 0. The van der Waals surface area contributed by atoms with Gasteiger partial charge in [-0.05, 0) is 12.5 Å². The summed E-state index contributed by atoms with van der Waals surface area (Å²) in [5.74, 6) is -0.730. The quantitative estimate of drug-likeness (QED) is 0.323. The molecular formula is C25H25N3O5. The predicted octanol–water partition coefficient (Wildman–Crippen LogP) is 3.41. The summed E-state index contributed by atoms with van der Waals surface area (Å²) in [6, 6.07) is 13.2. The van der Waals surface area contributed by atoms with Crippen LogP contribution in [0.15, 0.2) is 72.8 Å². The monoisotopic (exact) mass is 447 g/mol. The van der Waals surface area contributed by atoms with Crippen molar-refractivity contribution in [3.63, 3.8) is 0 Å². The van der Waals surface area contributed by atoms with Crippen LogP contribution in [0.1, 0.15) is 23.6 Å². The molecule has 2 heterocycles. The van der Waals surface area contributed by atoms with Crippen LogP contribution >= 0.6 is 0 Å². The number of rotatable bonds is 8. The average molecular weight is 447 g/mol. The van der Waals surface area contributed by atoms with E-state index in [-0.39, 0.29) is 11.3 Å². The summed E-state index contributed by atoms with van der Waals surface area (Å²) in [4.78, 5) is 31.8. The number of aromatic nitrogens is 2. The number of aryl methyl sites for hydroxylation is 1. The van der Waals surface area contributed by atoms with Crippen molar-refractivity contribution in [1.82, 2.24) is 14.5 Å². The van der Waals surface area contributed by atoms with E-state index in [1.54, 1.807) is 55.0 Å². The third-order valence-electron chi connectivity index (χ3n) is 5.69. The van der Waals surface area contributed by atoms with Crippen LogP contribution in [0.4, 0.5) is 0 Å². The first-order chi connectivity index (χ1) is 16.1. The van der Waals surface area contributed by atoms with Crippen LogP contribution in [0.3, 0.4) is 0 Å². The van der Waals surface area contributed by atoms with Gasteiger partial charge in [0, 0.05) is 36.6 Å².